The summed E-state index contributed by atoms with van der Waals surface area (Å²) in [5.74, 6) is 0.934. The molecule has 2 rings (SSSR count). The average molecular weight is 277 g/mol. The molecule has 0 saturated heterocycles. The molecule has 2 atom stereocenters. The SMILES string of the molecule is CCC1CCCC(Nc2nccc(C(=O)OC)c2N)C1. The third-order valence-electron chi connectivity index (χ3n) is 4.10. The number of methoxy groups -OCH3 is 1. The van der Waals surface area contributed by atoms with Crippen LogP contribution >= 0.6 is 0 Å². The first-order valence-corrected chi connectivity index (χ1v) is 7.25. The molecule has 1 saturated carbocycles. The van der Waals surface area contributed by atoms with Crippen LogP contribution in [0, 0.1) is 5.92 Å². The molecule has 0 aromatic carbocycles. The molecule has 5 nitrogen and oxygen atoms in total. The minimum absolute atomic E-state index is 0.368. The second-order valence-electron chi connectivity index (χ2n) is 5.39. The first kappa shape index (κ1) is 14.6. The number of hydrogen-bond acceptors (Lipinski definition) is 5. The van der Waals surface area contributed by atoms with Crippen LogP contribution in [0.1, 0.15) is 49.4 Å². The third kappa shape index (κ3) is 3.21. The zero-order valence-corrected chi connectivity index (χ0v) is 12.2. The summed E-state index contributed by atoms with van der Waals surface area (Å²) in [6.07, 6.45) is 7.60. The molecule has 1 aliphatic rings. The van der Waals surface area contributed by atoms with Crippen LogP contribution in [-0.2, 0) is 4.74 Å². The fraction of sp³-hybridized carbons (Fsp3) is 0.600. The molecule has 1 aromatic rings. The number of anilines is 2. The van der Waals surface area contributed by atoms with Crippen LogP contribution < -0.4 is 11.1 Å². The number of aromatic nitrogens is 1. The Hall–Kier alpha value is -1.78. The topological polar surface area (TPSA) is 77.2 Å². The van der Waals surface area contributed by atoms with E-state index in [1.165, 1.54) is 26.4 Å². The molecule has 0 spiro atoms. The maximum absolute atomic E-state index is 11.6. The van der Waals surface area contributed by atoms with Crippen LogP contribution in [0.15, 0.2) is 12.3 Å². The summed E-state index contributed by atoms with van der Waals surface area (Å²) >= 11 is 0. The largest absolute Gasteiger partial charge is 0.465 e. The minimum Gasteiger partial charge on any atom is -0.465 e. The first-order chi connectivity index (χ1) is 9.65. The number of nitrogens with zero attached hydrogens (tertiary/aromatic N) is 1. The predicted molar refractivity (Wildman–Crippen MR) is 79.6 cm³/mol. The van der Waals surface area contributed by atoms with Gasteiger partial charge in [-0.15, -0.1) is 0 Å². The lowest BCUT2D eigenvalue weighted by Crippen LogP contribution is -2.28. The number of rotatable bonds is 4. The highest BCUT2D eigenvalue weighted by Gasteiger charge is 2.22. The van der Waals surface area contributed by atoms with Crippen molar-refractivity contribution in [1.29, 1.82) is 0 Å². The Balaban J connectivity index is 2.11. The monoisotopic (exact) mass is 277 g/mol. The van der Waals surface area contributed by atoms with Gasteiger partial charge in [-0.25, -0.2) is 9.78 Å². The van der Waals surface area contributed by atoms with Crippen LogP contribution in [0.3, 0.4) is 0 Å². The van der Waals surface area contributed by atoms with Crippen LogP contribution in [0.2, 0.25) is 0 Å². The van der Waals surface area contributed by atoms with Crippen molar-refractivity contribution in [3.05, 3.63) is 17.8 Å². The summed E-state index contributed by atoms with van der Waals surface area (Å²) in [7, 11) is 1.35. The van der Waals surface area contributed by atoms with Crippen molar-refractivity contribution < 1.29 is 9.53 Å². The molecular formula is C15H23N3O2. The number of pyridine rings is 1. The highest BCUT2D eigenvalue weighted by Crippen LogP contribution is 2.30. The van der Waals surface area contributed by atoms with Crippen molar-refractivity contribution in [1.82, 2.24) is 4.98 Å². The maximum Gasteiger partial charge on any atom is 0.340 e. The number of nitrogens with one attached hydrogen (secondary N) is 1. The van der Waals surface area contributed by atoms with Crippen LogP contribution in [0.5, 0.6) is 0 Å². The van der Waals surface area contributed by atoms with Crippen molar-refractivity contribution >= 4 is 17.5 Å². The van der Waals surface area contributed by atoms with E-state index in [1.54, 1.807) is 12.3 Å². The summed E-state index contributed by atoms with van der Waals surface area (Å²) < 4.78 is 4.72. The van der Waals surface area contributed by atoms with Crippen molar-refractivity contribution in [2.24, 2.45) is 5.92 Å². The Bertz CT molecular complexity index is 476. The molecule has 1 fully saturated rings. The van der Waals surface area contributed by atoms with E-state index in [0.29, 0.717) is 23.1 Å². The second-order valence-corrected chi connectivity index (χ2v) is 5.39. The number of nitrogens with two attached hydrogens (primary N) is 1. The number of carbonyl (C=O) groups excluding carboxylic acids is 1. The molecule has 3 N–H and O–H groups in total. The maximum atomic E-state index is 11.6. The van der Waals surface area contributed by atoms with Gasteiger partial charge in [0.1, 0.15) is 5.82 Å². The van der Waals surface area contributed by atoms with Crippen molar-refractivity contribution in [3.8, 4) is 0 Å². The Kier molecular flexibility index (Phi) is 4.82. The number of esters is 1. The van der Waals surface area contributed by atoms with Gasteiger partial charge in [0, 0.05) is 12.2 Å². The van der Waals surface area contributed by atoms with Crippen molar-refractivity contribution in [3.63, 3.8) is 0 Å². The smallest absolute Gasteiger partial charge is 0.340 e. The van der Waals surface area contributed by atoms with E-state index >= 15 is 0 Å². The van der Waals surface area contributed by atoms with Gasteiger partial charge in [0.15, 0.2) is 0 Å². The summed E-state index contributed by atoms with van der Waals surface area (Å²) in [6.45, 7) is 2.23. The van der Waals surface area contributed by atoms with Gasteiger partial charge in [-0.2, -0.15) is 0 Å². The zero-order chi connectivity index (χ0) is 14.5. The third-order valence-corrected chi connectivity index (χ3v) is 4.10. The van der Waals surface area contributed by atoms with Gasteiger partial charge in [0.2, 0.25) is 0 Å². The molecule has 2 unspecified atom stereocenters. The Morgan fingerprint density at radius 1 is 1.55 bits per heavy atom. The van der Waals surface area contributed by atoms with Gasteiger partial charge in [0.05, 0.1) is 18.4 Å². The van der Waals surface area contributed by atoms with E-state index in [4.69, 9.17) is 10.5 Å². The van der Waals surface area contributed by atoms with Crippen molar-refractivity contribution in [2.45, 2.75) is 45.1 Å². The summed E-state index contributed by atoms with van der Waals surface area (Å²) in [4.78, 5) is 15.9. The van der Waals surface area contributed by atoms with E-state index in [2.05, 4.69) is 17.2 Å². The summed E-state index contributed by atoms with van der Waals surface area (Å²) in [6, 6.07) is 1.97. The Morgan fingerprint density at radius 2 is 2.35 bits per heavy atom. The number of carbonyl (C=O) groups is 1. The van der Waals surface area contributed by atoms with Gasteiger partial charge < -0.3 is 15.8 Å². The molecule has 0 amide bonds. The molecule has 1 aliphatic carbocycles. The van der Waals surface area contributed by atoms with E-state index in [1.807, 2.05) is 0 Å². The Labute approximate surface area is 119 Å². The number of hydrogen-bond donors (Lipinski definition) is 2. The standard InChI is InChI=1S/C15H23N3O2/c1-3-10-5-4-6-11(9-10)18-14-13(16)12(7-8-17-14)15(19)20-2/h7-8,10-11H,3-6,9,16H2,1-2H3,(H,17,18). The van der Waals surface area contributed by atoms with Gasteiger partial charge >= 0.3 is 5.97 Å². The molecule has 1 aromatic heterocycles. The fourth-order valence-corrected chi connectivity index (χ4v) is 2.86. The lowest BCUT2D eigenvalue weighted by atomic mass is 9.84. The average Bonchev–Trinajstić information content (AvgIpc) is 2.49. The molecule has 110 valence electrons. The Morgan fingerprint density at radius 3 is 3.05 bits per heavy atom. The van der Waals surface area contributed by atoms with Crippen molar-refractivity contribution in [2.75, 3.05) is 18.2 Å². The molecule has 20 heavy (non-hydrogen) atoms. The predicted octanol–water partition coefficient (Wildman–Crippen LogP) is 2.83. The molecule has 0 radical (unpaired) electrons. The lowest BCUT2D eigenvalue weighted by Gasteiger charge is -2.29. The summed E-state index contributed by atoms with van der Waals surface area (Å²) in [5.41, 5.74) is 6.76. The number of ether oxygens (including phenoxy) is 1. The highest BCUT2D eigenvalue weighted by atomic mass is 16.5. The van der Waals surface area contributed by atoms with E-state index < -0.39 is 5.97 Å². The number of nitrogen functional groups attached to an aromatic ring is 1. The molecular weight excluding hydrogens is 254 g/mol. The van der Waals surface area contributed by atoms with Gasteiger partial charge in [-0.05, 0) is 24.8 Å². The fourth-order valence-electron chi connectivity index (χ4n) is 2.86. The minimum atomic E-state index is -0.428. The lowest BCUT2D eigenvalue weighted by molar-refractivity contribution is 0.0602. The van der Waals surface area contributed by atoms with Gasteiger partial charge in [-0.1, -0.05) is 26.2 Å². The van der Waals surface area contributed by atoms with E-state index in [0.717, 1.165) is 18.8 Å². The molecule has 0 bridgehead atoms. The van der Waals surface area contributed by atoms with E-state index in [-0.39, 0.29) is 0 Å². The quantitative estimate of drug-likeness (QED) is 0.827. The summed E-state index contributed by atoms with van der Waals surface area (Å²) in [5, 5.41) is 3.39. The highest BCUT2D eigenvalue weighted by molar-refractivity contribution is 5.97. The first-order valence-electron chi connectivity index (χ1n) is 7.25. The molecule has 0 aliphatic heterocycles. The molecule has 5 heteroatoms. The van der Waals surface area contributed by atoms with Gasteiger partial charge in [0.25, 0.3) is 0 Å². The zero-order valence-electron chi connectivity index (χ0n) is 12.2. The van der Waals surface area contributed by atoms with Crippen LogP contribution in [0.25, 0.3) is 0 Å². The van der Waals surface area contributed by atoms with Crippen LogP contribution in [-0.4, -0.2) is 24.1 Å². The van der Waals surface area contributed by atoms with Gasteiger partial charge in [-0.3, -0.25) is 0 Å². The second kappa shape index (κ2) is 6.59. The van der Waals surface area contributed by atoms with Crippen LogP contribution in [0.4, 0.5) is 11.5 Å². The normalized spacial score (nSPS) is 22.3. The molecule has 1 heterocycles. The van der Waals surface area contributed by atoms with E-state index in [9.17, 15) is 4.79 Å².